The topological polar surface area (TPSA) is 32.9 Å². The van der Waals surface area contributed by atoms with Gasteiger partial charge in [0.25, 0.3) is 0 Å². The Labute approximate surface area is 117 Å². The molecular weight excluding hydrogens is 279 g/mol. The standard InChI is InChI=1S/C16H10F3NO/c17-16(18,19)14-8-13(9-15(21)20-14)12-6-5-10-3-1-2-4-11(10)7-12/h1-9H,(H,20,21). The van der Waals surface area contributed by atoms with Gasteiger partial charge in [-0.3, -0.25) is 4.79 Å². The third-order valence-electron chi connectivity index (χ3n) is 3.23. The highest BCUT2D eigenvalue weighted by Crippen LogP contribution is 2.30. The highest BCUT2D eigenvalue weighted by Gasteiger charge is 2.32. The zero-order valence-electron chi connectivity index (χ0n) is 10.7. The first kappa shape index (κ1) is 13.4. The van der Waals surface area contributed by atoms with Gasteiger partial charge >= 0.3 is 6.18 Å². The van der Waals surface area contributed by atoms with Crippen LogP contribution in [0, 0.1) is 0 Å². The lowest BCUT2D eigenvalue weighted by Gasteiger charge is -2.09. The predicted molar refractivity (Wildman–Crippen MR) is 75.0 cm³/mol. The molecule has 0 amide bonds. The molecular formula is C16H10F3NO. The van der Waals surface area contributed by atoms with Crippen molar-refractivity contribution in [3.05, 3.63) is 70.6 Å². The molecule has 0 aliphatic rings. The second-order valence-corrected chi connectivity index (χ2v) is 4.71. The number of aromatic nitrogens is 1. The van der Waals surface area contributed by atoms with E-state index in [-0.39, 0.29) is 5.56 Å². The lowest BCUT2D eigenvalue weighted by atomic mass is 10.0. The lowest BCUT2D eigenvalue weighted by molar-refractivity contribution is -0.141. The fourth-order valence-corrected chi connectivity index (χ4v) is 2.23. The normalized spacial score (nSPS) is 11.8. The molecule has 0 bridgehead atoms. The summed E-state index contributed by atoms with van der Waals surface area (Å²) in [6.45, 7) is 0. The van der Waals surface area contributed by atoms with Crippen LogP contribution >= 0.6 is 0 Å². The monoisotopic (exact) mass is 289 g/mol. The number of aromatic amines is 1. The first-order valence-corrected chi connectivity index (χ1v) is 6.24. The van der Waals surface area contributed by atoms with Crippen molar-refractivity contribution in [3.63, 3.8) is 0 Å². The summed E-state index contributed by atoms with van der Waals surface area (Å²) in [5.74, 6) is 0. The molecule has 0 radical (unpaired) electrons. The van der Waals surface area contributed by atoms with E-state index in [4.69, 9.17) is 0 Å². The SMILES string of the molecule is O=c1cc(-c2ccc3ccccc3c2)cc(C(F)(F)F)[nH]1. The Bertz CT molecular complexity index is 865. The maximum absolute atomic E-state index is 12.7. The molecule has 0 saturated heterocycles. The molecule has 2 nitrogen and oxygen atoms in total. The number of nitrogens with one attached hydrogen (secondary N) is 1. The molecule has 0 unspecified atom stereocenters. The summed E-state index contributed by atoms with van der Waals surface area (Å²) in [5, 5.41) is 1.89. The molecule has 0 aliphatic heterocycles. The number of alkyl halides is 3. The van der Waals surface area contributed by atoms with Crippen molar-refractivity contribution in [2.45, 2.75) is 6.18 Å². The minimum atomic E-state index is -4.58. The second-order valence-electron chi connectivity index (χ2n) is 4.71. The van der Waals surface area contributed by atoms with Crippen LogP contribution in [0.2, 0.25) is 0 Å². The van der Waals surface area contributed by atoms with E-state index in [1.807, 2.05) is 35.3 Å². The van der Waals surface area contributed by atoms with Crippen molar-refractivity contribution in [3.8, 4) is 11.1 Å². The van der Waals surface area contributed by atoms with Crippen LogP contribution in [0.25, 0.3) is 21.9 Å². The van der Waals surface area contributed by atoms with E-state index in [1.54, 1.807) is 12.1 Å². The quantitative estimate of drug-likeness (QED) is 0.715. The van der Waals surface area contributed by atoms with Crippen LogP contribution in [0.5, 0.6) is 0 Å². The van der Waals surface area contributed by atoms with Gasteiger partial charge in [0.15, 0.2) is 0 Å². The van der Waals surface area contributed by atoms with Crippen molar-refractivity contribution in [1.29, 1.82) is 0 Å². The highest BCUT2D eigenvalue weighted by atomic mass is 19.4. The van der Waals surface area contributed by atoms with E-state index >= 15 is 0 Å². The van der Waals surface area contributed by atoms with Crippen molar-refractivity contribution in [2.24, 2.45) is 0 Å². The number of hydrogen-bond donors (Lipinski definition) is 1. The van der Waals surface area contributed by atoms with Gasteiger partial charge in [-0.05, 0) is 34.0 Å². The Balaban J connectivity index is 2.18. The van der Waals surface area contributed by atoms with Crippen LogP contribution in [-0.4, -0.2) is 4.98 Å². The zero-order valence-corrected chi connectivity index (χ0v) is 10.7. The third-order valence-corrected chi connectivity index (χ3v) is 3.23. The number of halogens is 3. The Kier molecular flexibility index (Phi) is 3.05. The molecule has 1 heterocycles. The Hall–Kier alpha value is -2.56. The van der Waals surface area contributed by atoms with Gasteiger partial charge in [-0.25, -0.2) is 0 Å². The Morgan fingerprint density at radius 2 is 1.52 bits per heavy atom. The molecule has 3 aromatic rings. The molecule has 0 aliphatic carbocycles. The Morgan fingerprint density at radius 1 is 0.810 bits per heavy atom. The van der Waals surface area contributed by atoms with E-state index in [1.165, 1.54) is 6.07 Å². The molecule has 1 N–H and O–H groups in total. The van der Waals surface area contributed by atoms with Gasteiger partial charge in [-0.15, -0.1) is 0 Å². The summed E-state index contributed by atoms with van der Waals surface area (Å²) >= 11 is 0. The first-order valence-electron chi connectivity index (χ1n) is 6.24. The van der Waals surface area contributed by atoms with E-state index in [2.05, 4.69) is 0 Å². The maximum atomic E-state index is 12.7. The minimum absolute atomic E-state index is 0.247. The smallest absolute Gasteiger partial charge is 0.318 e. The fourth-order valence-electron chi connectivity index (χ4n) is 2.23. The van der Waals surface area contributed by atoms with Crippen LogP contribution in [0.3, 0.4) is 0 Å². The number of rotatable bonds is 1. The maximum Gasteiger partial charge on any atom is 0.431 e. The fraction of sp³-hybridized carbons (Fsp3) is 0.0625. The van der Waals surface area contributed by atoms with Crippen LogP contribution < -0.4 is 5.56 Å². The summed E-state index contributed by atoms with van der Waals surface area (Å²) in [6, 6.07) is 14.9. The Morgan fingerprint density at radius 3 is 2.24 bits per heavy atom. The van der Waals surface area contributed by atoms with E-state index < -0.39 is 17.4 Å². The van der Waals surface area contributed by atoms with Crippen LogP contribution in [-0.2, 0) is 6.18 Å². The number of benzene rings is 2. The molecule has 1 aromatic heterocycles. The molecule has 3 rings (SSSR count). The molecule has 0 atom stereocenters. The zero-order chi connectivity index (χ0) is 15.0. The average Bonchev–Trinajstić information content (AvgIpc) is 2.45. The summed E-state index contributed by atoms with van der Waals surface area (Å²) in [5.41, 5.74) is -0.992. The van der Waals surface area contributed by atoms with Crippen molar-refractivity contribution in [1.82, 2.24) is 4.98 Å². The lowest BCUT2D eigenvalue weighted by Crippen LogP contribution is -2.15. The van der Waals surface area contributed by atoms with Crippen molar-refractivity contribution < 1.29 is 13.2 Å². The second kappa shape index (κ2) is 4.77. The van der Waals surface area contributed by atoms with Crippen LogP contribution in [0.15, 0.2) is 59.4 Å². The van der Waals surface area contributed by atoms with Crippen molar-refractivity contribution in [2.75, 3.05) is 0 Å². The summed E-state index contributed by atoms with van der Waals surface area (Å²) in [6.07, 6.45) is -4.58. The summed E-state index contributed by atoms with van der Waals surface area (Å²) in [4.78, 5) is 13.3. The minimum Gasteiger partial charge on any atom is -0.318 e. The van der Waals surface area contributed by atoms with Crippen LogP contribution in [0.4, 0.5) is 13.2 Å². The molecule has 106 valence electrons. The number of H-pyrrole nitrogens is 1. The highest BCUT2D eigenvalue weighted by molar-refractivity contribution is 5.87. The average molecular weight is 289 g/mol. The van der Waals surface area contributed by atoms with Gasteiger partial charge in [-0.2, -0.15) is 13.2 Å². The molecule has 0 spiro atoms. The first-order chi connectivity index (χ1) is 9.93. The molecule has 5 heteroatoms. The molecule has 21 heavy (non-hydrogen) atoms. The van der Waals surface area contributed by atoms with Gasteiger partial charge in [0, 0.05) is 6.07 Å². The van der Waals surface area contributed by atoms with Gasteiger partial charge in [0.1, 0.15) is 5.69 Å². The van der Waals surface area contributed by atoms with Gasteiger partial charge in [-0.1, -0.05) is 36.4 Å². The van der Waals surface area contributed by atoms with E-state index in [0.717, 1.165) is 16.8 Å². The van der Waals surface area contributed by atoms with Crippen LogP contribution in [0.1, 0.15) is 5.69 Å². The molecule has 0 fully saturated rings. The molecule has 0 saturated carbocycles. The summed E-state index contributed by atoms with van der Waals surface area (Å²) < 4.78 is 38.2. The predicted octanol–water partition coefficient (Wildman–Crippen LogP) is 4.21. The number of hydrogen-bond acceptors (Lipinski definition) is 1. The van der Waals surface area contributed by atoms with Gasteiger partial charge in [0.2, 0.25) is 5.56 Å². The van der Waals surface area contributed by atoms with E-state index in [9.17, 15) is 18.0 Å². The van der Waals surface area contributed by atoms with Crippen molar-refractivity contribution >= 4 is 10.8 Å². The largest absolute Gasteiger partial charge is 0.431 e. The molecule has 2 aromatic carbocycles. The van der Waals surface area contributed by atoms with Gasteiger partial charge in [0.05, 0.1) is 0 Å². The number of fused-ring (bicyclic) bond motifs is 1. The summed E-state index contributed by atoms with van der Waals surface area (Å²) in [7, 11) is 0. The number of pyridine rings is 1. The third kappa shape index (κ3) is 2.67. The van der Waals surface area contributed by atoms with E-state index in [0.29, 0.717) is 5.56 Å². The van der Waals surface area contributed by atoms with Gasteiger partial charge < -0.3 is 4.98 Å².